The van der Waals surface area contributed by atoms with E-state index in [1.807, 2.05) is 38.5 Å². The molecule has 6 nitrogen and oxygen atoms in total. The van der Waals surface area contributed by atoms with E-state index in [2.05, 4.69) is 10.2 Å². The number of ether oxygens (including phenoxy) is 1. The maximum atomic E-state index is 12.3. The van der Waals surface area contributed by atoms with E-state index < -0.39 is 0 Å². The smallest absolute Gasteiger partial charge is 0.357 e. The number of pyridine rings is 1. The molecule has 0 saturated heterocycles. The molecule has 22 heavy (non-hydrogen) atoms. The van der Waals surface area contributed by atoms with E-state index >= 15 is 0 Å². The summed E-state index contributed by atoms with van der Waals surface area (Å²) in [6.45, 7) is 3.83. The molecule has 0 aliphatic rings. The van der Waals surface area contributed by atoms with E-state index in [1.165, 1.54) is 0 Å². The molecule has 0 aliphatic carbocycles. The van der Waals surface area contributed by atoms with Crippen LogP contribution in [0.25, 0.3) is 5.52 Å². The molecule has 2 aromatic heterocycles. The van der Waals surface area contributed by atoms with Crippen molar-refractivity contribution >= 4 is 22.9 Å². The van der Waals surface area contributed by atoms with Crippen molar-refractivity contribution in [3.05, 3.63) is 30.1 Å². The lowest BCUT2D eigenvalue weighted by molar-refractivity contribution is 0.0519. The van der Waals surface area contributed by atoms with Crippen molar-refractivity contribution in [1.82, 2.24) is 9.30 Å². The van der Waals surface area contributed by atoms with Crippen molar-refractivity contribution < 1.29 is 9.53 Å². The molecule has 0 saturated carbocycles. The predicted octanol–water partition coefficient (Wildman–Crippen LogP) is 2.06. The van der Waals surface area contributed by atoms with Gasteiger partial charge >= 0.3 is 5.97 Å². The van der Waals surface area contributed by atoms with E-state index in [0.717, 1.165) is 25.0 Å². The Morgan fingerprint density at radius 1 is 1.41 bits per heavy atom. The zero-order valence-electron chi connectivity index (χ0n) is 13.4. The van der Waals surface area contributed by atoms with Crippen molar-refractivity contribution in [2.45, 2.75) is 13.3 Å². The highest BCUT2D eigenvalue weighted by molar-refractivity contribution is 6.03. The van der Waals surface area contributed by atoms with Crippen molar-refractivity contribution in [1.29, 1.82) is 0 Å². The molecule has 0 amide bonds. The molecule has 2 rings (SSSR count). The second kappa shape index (κ2) is 7.17. The summed E-state index contributed by atoms with van der Waals surface area (Å²) in [5, 5.41) is 3.29. The van der Waals surface area contributed by atoms with Crippen LogP contribution in [-0.2, 0) is 4.74 Å². The lowest BCUT2D eigenvalue weighted by Crippen LogP contribution is -2.17. The number of nitrogens with two attached hydrogens (primary N) is 1. The molecule has 2 heterocycles. The van der Waals surface area contributed by atoms with Gasteiger partial charge < -0.3 is 25.1 Å². The lowest BCUT2D eigenvalue weighted by atomic mass is 10.3. The average molecular weight is 304 g/mol. The third-order valence-electron chi connectivity index (χ3n) is 3.44. The Bertz CT molecular complexity index is 649. The monoisotopic (exact) mass is 304 g/mol. The largest absolute Gasteiger partial charge is 0.461 e. The third-order valence-corrected chi connectivity index (χ3v) is 3.44. The van der Waals surface area contributed by atoms with Gasteiger partial charge in [0.15, 0.2) is 5.69 Å². The summed E-state index contributed by atoms with van der Waals surface area (Å²) in [6.07, 6.45) is 2.78. The van der Waals surface area contributed by atoms with Gasteiger partial charge in [-0.25, -0.2) is 4.79 Å². The number of fused-ring (bicyclic) bond motifs is 1. The van der Waals surface area contributed by atoms with E-state index in [0.29, 0.717) is 23.7 Å². The van der Waals surface area contributed by atoms with Gasteiger partial charge in [-0.15, -0.1) is 0 Å². The second-order valence-corrected chi connectivity index (χ2v) is 5.40. The molecule has 3 N–H and O–H groups in total. The summed E-state index contributed by atoms with van der Waals surface area (Å²) in [6, 6.07) is 5.66. The number of nitrogen functional groups attached to an aromatic ring is 1. The normalized spacial score (nSPS) is 11.1. The summed E-state index contributed by atoms with van der Waals surface area (Å²) >= 11 is 0. The van der Waals surface area contributed by atoms with Crippen LogP contribution in [0.3, 0.4) is 0 Å². The van der Waals surface area contributed by atoms with Crippen LogP contribution in [0.5, 0.6) is 0 Å². The minimum atomic E-state index is -0.365. The van der Waals surface area contributed by atoms with Gasteiger partial charge in [-0.05, 0) is 46.1 Å². The summed E-state index contributed by atoms with van der Waals surface area (Å²) in [5.41, 5.74) is 8.71. The van der Waals surface area contributed by atoms with Crippen LogP contribution in [0.4, 0.5) is 11.4 Å². The quantitative estimate of drug-likeness (QED) is 0.605. The van der Waals surface area contributed by atoms with Crippen LogP contribution < -0.4 is 11.1 Å². The Hall–Kier alpha value is -2.21. The Morgan fingerprint density at radius 3 is 2.86 bits per heavy atom. The zero-order valence-corrected chi connectivity index (χ0v) is 13.4. The first kappa shape index (κ1) is 16.2. The van der Waals surface area contributed by atoms with Gasteiger partial charge in [0.25, 0.3) is 0 Å². The van der Waals surface area contributed by atoms with Gasteiger partial charge in [0.2, 0.25) is 0 Å². The van der Waals surface area contributed by atoms with Gasteiger partial charge in [0.1, 0.15) is 0 Å². The molecule has 2 aromatic rings. The summed E-state index contributed by atoms with van der Waals surface area (Å²) in [5.74, 6) is -0.365. The number of nitrogens with zero attached hydrogens (tertiary/aromatic N) is 2. The van der Waals surface area contributed by atoms with E-state index in [-0.39, 0.29) is 5.97 Å². The van der Waals surface area contributed by atoms with E-state index in [9.17, 15) is 4.79 Å². The highest BCUT2D eigenvalue weighted by atomic mass is 16.5. The predicted molar refractivity (Wildman–Crippen MR) is 89.4 cm³/mol. The number of carbonyl (C=O) groups is 1. The van der Waals surface area contributed by atoms with Crippen molar-refractivity contribution in [3.8, 4) is 0 Å². The van der Waals surface area contributed by atoms with E-state index in [1.54, 1.807) is 11.3 Å². The van der Waals surface area contributed by atoms with Crippen molar-refractivity contribution in [2.24, 2.45) is 0 Å². The molecule has 0 aliphatic heterocycles. The number of hydrogen-bond donors (Lipinski definition) is 2. The third kappa shape index (κ3) is 3.33. The molecular weight excluding hydrogens is 280 g/mol. The average Bonchev–Trinajstić information content (AvgIpc) is 2.77. The van der Waals surface area contributed by atoms with Crippen LogP contribution in [0.2, 0.25) is 0 Å². The van der Waals surface area contributed by atoms with Gasteiger partial charge in [-0.1, -0.05) is 6.07 Å². The van der Waals surface area contributed by atoms with Crippen molar-refractivity contribution in [3.63, 3.8) is 0 Å². The number of esters is 1. The first-order valence-electron chi connectivity index (χ1n) is 7.50. The highest BCUT2D eigenvalue weighted by Gasteiger charge is 2.22. The number of aromatic nitrogens is 1. The fraction of sp³-hybridized carbons (Fsp3) is 0.438. The van der Waals surface area contributed by atoms with Gasteiger partial charge in [-0.3, -0.25) is 0 Å². The highest BCUT2D eigenvalue weighted by Crippen LogP contribution is 2.31. The summed E-state index contributed by atoms with van der Waals surface area (Å²) < 4.78 is 6.95. The molecular formula is C16H24N4O2. The topological polar surface area (TPSA) is 72.0 Å². The minimum Gasteiger partial charge on any atom is -0.461 e. The molecule has 0 unspecified atom stereocenters. The summed E-state index contributed by atoms with van der Waals surface area (Å²) in [4.78, 5) is 14.4. The molecule has 0 fully saturated rings. The molecule has 6 heteroatoms. The Labute approximate surface area is 130 Å². The van der Waals surface area contributed by atoms with Crippen LogP contribution in [-0.4, -0.2) is 49.1 Å². The van der Waals surface area contributed by atoms with Crippen LogP contribution in [0.1, 0.15) is 23.8 Å². The Balaban J connectivity index is 2.32. The standard InChI is InChI=1S/C16H24N4O2/c1-4-22-16(21)15-14(18-9-7-10-19(2)3)13(17)12-8-5-6-11-20(12)15/h5-6,8,11,18H,4,7,9-10,17H2,1-3H3. The number of hydrogen-bond acceptors (Lipinski definition) is 5. The molecule has 0 aromatic carbocycles. The number of rotatable bonds is 7. The Kier molecular flexibility index (Phi) is 5.27. The first-order chi connectivity index (χ1) is 10.6. The molecule has 0 radical (unpaired) electrons. The number of anilines is 2. The molecule has 0 atom stereocenters. The molecule has 0 spiro atoms. The molecule has 0 bridgehead atoms. The fourth-order valence-electron chi connectivity index (χ4n) is 2.42. The van der Waals surface area contributed by atoms with Gasteiger partial charge in [0.05, 0.1) is 23.5 Å². The fourth-order valence-corrected chi connectivity index (χ4v) is 2.42. The second-order valence-electron chi connectivity index (χ2n) is 5.40. The van der Waals surface area contributed by atoms with Crippen LogP contribution in [0.15, 0.2) is 24.4 Å². The maximum absolute atomic E-state index is 12.3. The zero-order chi connectivity index (χ0) is 16.1. The number of carbonyl (C=O) groups excluding carboxylic acids is 1. The lowest BCUT2D eigenvalue weighted by Gasteiger charge is -2.11. The van der Waals surface area contributed by atoms with Gasteiger partial charge in [-0.2, -0.15) is 0 Å². The SMILES string of the molecule is CCOC(=O)c1c(NCCCN(C)C)c(N)c2ccccn12. The van der Waals surface area contributed by atoms with E-state index in [4.69, 9.17) is 10.5 Å². The van der Waals surface area contributed by atoms with Crippen molar-refractivity contribution in [2.75, 3.05) is 44.8 Å². The summed E-state index contributed by atoms with van der Waals surface area (Å²) in [7, 11) is 4.07. The van der Waals surface area contributed by atoms with Gasteiger partial charge in [0, 0.05) is 12.7 Å². The van der Waals surface area contributed by atoms with Crippen LogP contribution in [0, 0.1) is 0 Å². The first-order valence-corrected chi connectivity index (χ1v) is 7.50. The maximum Gasteiger partial charge on any atom is 0.357 e. The minimum absolute atomic E-state index is 0.332. The van der Waals surface area contributed by atoms with Crippen LogP contribution >= 0.6 is 0 Å². The Morgan fingerprint density at radius 2 is 2.18 bits per heavy atom. The molecule has 120 valence electrons. The number of nitrogens with one attached hydrogen (secondary N) is 1.